The number of esters is 1. The molecule has 0 aromatic carbocycles. The Morgan fingerprint density at radius 1 is 0.567 bits per heavy atom. The second kappa shape index (κ2) is 23.3. The summed E-state index contributed by atoms with van der Waals surface area (Å²) in [6.07, 6.45) is 32.2. The molecule has 2 radical (unpaired) electrons. The molecule has 16 rings (SSSR count). The van der Waals surface area contributed by atoms with Gasteiger partial charge in [0.1, 0.15) is 6.22 Å². The van der Waals surface area contributed by atoms with Crippen LogP contribution in [0.3, 0.4) is 0 Å². The van der Waals surface area contributed by atoms with Gasteiger partial charge in [0, 0.05) is 49.1 Å². The summed E-state index contributed by atoms with van der Waals surface area (Å²) >= 11 is 8.85. The predicted octanol–water partition coefficient (Wildman–Crippen LogP) is 13.5. The number of rotatable bonds is 4. The van der Waals surface area contributed by atoms with Gasteiger partial charge in [-0.15, -0.1) is 0 Å². The van der Waals surface area contributed by atoms with Crippen LogP contribution in [0.2, 0.25) is 0 Å². The summed E-state index contributed by atoms with van der Waals surface area (Å²) in [5.74, 6) is 10.1. The van der Waals surface area contributed by atoms with E-state index in [4.69, 9.17) is 4.74 Å². The number of aldehydes is 1. The minimum absolute atomic E-state index is 0. The van der Waals surface area contributed by atoms with Crippen molar-refractivity contribution in [3.63, 3.8) is 0 Å². The Morgan fingerprint density at radius 3 is 1.02 bits per heavy atom. The van der Waals surface area contributed by atoms with Crippen LogP contribution in [0.1, 0.15) is 154 Å². The molecule has 16 saturated carbocycles. The molecule has 12 heteroatoms. The van der Waals surface area contributed by atoms with E-state index in [0.717, 1.165) is 109 Å². The van der Waals surface area contributed by atoms with E-state index < -0.39 is 5.97 Å². The van der Waals surface area contributed by atoms with Gasteiger partial charge in [0.05, 0.1) is 17.9 Å². The molecule has 16 fully saturated rings. The Bertz CT molecular complexity index is 1280. The zero-order chi connectivity index (χ0) is 40.8. The van der Waals surface area contributed by atoms with Gasteiger partial charge in [-0.3, -0.25) is 14.5 Å². The van der Waals surface area contributed by atoms with Crippen molar-refractivity contribution in [2.75, 3.05) is 13.7 Å². The maximum Gasteiger partial charge on any atom is 0.311 e. The molecule has 0 spiro atoms. The van der Waals surface area contributed by atoms with Crippen molar-refractivity contribution in [3.8, 4) is 0 Å². The van der Waals surface area contributed by atoms with Crippen molar-refractivity contribution in [2.45, 2.75) is 154 Å². The van der Waals surface area contributed by atoms with Crippen LogP contribution in [0.25, 0.3) is 0 Å². The van der Waals surface area contributed by atoms with Gasteiger partial charge in [-0.25, -0.2) is 0 Å². The van der Waals surface area contributed by atoms with Gasteiger partial charge in [-0.1, -0.05) is 67.8 Å². The first-order valence-electron chi connectivity index (χ1n) is 22.8. The molecule has 16 aliphatic carbocycles. The van der Waals surface area contributed by atoms with Crippen LogP contribution >= 0.6 is 90.4 Å². The smallest absolute Gasteiger partial charge is 0.311 e. The summed E-state index contributed by atoms with van der Waals surface area (Å²) in [4.78, 5) is 37.4. The number of aliphatic hydroxyl groups excluding tert-OH is 1. The predicted molar refractivity (Wildman–Crippen MR) is 267 cm³/mol. The molecule has 0 aliphatic heterocycles. The normalized spacial score (nSPS) is 46.0. The summed E-state index contributed by atoms with van der Waals surface area (Å²) in [5.41, 5.74) is 0.224. The van der Waals surface area contributed by atoms with E-state index in [1.165, 1.54) is 122 Å². The number of halogens is 4. The zero-order valence-corrected chi connectivity index (χ0v) is 47.8. The summed E-state index contributed by atoms with van der Waals surface area (Å²) in [6, 6.07) is 0. The van der Waals surface area contributed by atoms with Crippen molar-refractivity contribution >= 4 is 109 Å². The Morgan fingerprint density at radius 2 is 0.800 bits per heavy atom. The van der Waals surface area contributed by atoms with E-state index in [1.54, 1.807) is 7.11 Å². The van der Waals surface area contributed by atoms with Crippen molar-refractivity contribution in [1.29, 1.82) is 0 Å². The van der Waals surface area contributed by atoms with Crippen molar-refractivity contribution in [1.82, 2.24) is 0 Å². The fourth-order valence-electron chi connectivity index (χ4n) is 17.8. The quantitative estimate of drug-likeness (QED) is 0.0956. The minimum atomic E-state index is -0.508. The van der Waals surface area contributed by atoms with E-state index in [0.29, 0.717) is 12.0 Å². The van der Waals surface area contributed by atoms with Crippen molar-refractivity contribution < 1.29 is 66.4 Å². The molecule has 60 heavy (non-hydrogen) atoms. The van der Waals surface area contributed by atoms with Crippen LogP contribution in [0.5, 0.6) is 0 Å². The average molecular weight is 1360 g/mol. The molecule has 0 amide bonds. The first-order chi connectivity index (χ1) is 27.2. The number of carboxylic acid groups (broad SMARTS) is 1. The van der Waals surface area contributed by atoms with E-state index in [2.05, 4.69) is 72.7 Å². The maximum absolute atomic E-state index is 11.8. The third-order valence-corrected chi connectivity index (χ3v) is 18.0. The van der Waals surface area contributed by atoms with E-state index in [-0.39, 0.29) is 66.8 Å². The molecule has 0 saturated heterocycles. The number of alkyl halides is 3. The Kier molecular flexibility index (Phi) is 21.5. The number of ether oxygens (including phenoxy) is 1. The molecule has 16 bridgehead atoms. The summed E-state index contributed by atoms with van der Waals surface area (Å²) in [6.45, 7) is 0.469. The molecule has 0 atom stereocenters. The van der Waals surface area contributed by atoms with Gasteiger partial charge in [-0.05, 0) is 231 Å². The van der Waals surface area contributed by atoms with Gasteiger partial charge in [-0.2, -0.15) is 0 Å². The number of carbonyl (C=O) groups excluding carboxylic acids is 2. The maximum atomic E-state index is 11.8. The Balaban J connectivity index is 0.000000166. The Hall–Kier alpha value is 2.66. The number of methoxy groups -OCH3 is 1. The number of aliphatic carboxylic acids is 1. The molecule has 342 valence electrons. The van der Waals surface area contributed by atoms with Gasteiger partial charge in [0.2, 0.25) is 0 Å². The summed E-state index contributed by atoms with van der Waals surface area (Å²) < 4.78 is 5.74. The molecule has 0 aromatic heterocycles. The second-order valence-electron chi connectivity index (χ2n) is 22.4. The average Bonchev–Trinajstić information content (AvgIpc) is 3.14. The number of hydrogen-bond donors (Lipinski definition) is 2. The summed E-state index contributed by atoms with van der Waals surface area (Å²) in [7, 11) is 1.54. The number of aliphatic hydroxyl groups is 1. The number of carboxylic acids is 1. The fourth-order valence-corrected chi connectivity index (χ4v) is 17.8. The molecular weight excluding hydrogens is 1280 g/mol. The van der Waals surface area contributed by atoms with Crippen LogP contribution in [0.4, 0.5) is 0 Å². The largest absolute Gasteiger partial charge is 0.481 e. The van der Waals surface area contributed by atoms with E-state index in [9.17, 15) is 24.6 Å². The number of carbonyl (C=O) groups is 3. The monoisotopic (exact) mass is 1360 g/mol. The van der Waals surface area contributed by atoms with Crippen LogP contribution in [-0.2, 0) is 56.2 Å². The van der Waals surface area contributed by atoms with E-state index >= 15 is 0 Å². The van der Waals surface area contributed by atoms with Gasteiger partial charge < -0.3 is 49.8 Å². The third-order valence-electron chi connectivity index (χ3n) is 18.0. The third kappa shape index (κ3) is 12.6. The first-order valence-corrected chi connectivity index (χ1v) is 28.1. The van der Waals surface area contributed by atoms with Crippen LogP contribution < -0.4 is 0 Å². The summed E-state index contributed by atoms with van der Waals surface area (Å²) in [5, 5.41) is 18.7. The molecule has 0 unspecified atom stereocenters. The fraction of sp³-hybridized carbons (Fsp3) is 0.896. The molecule has 16 aliphatic rings. The topological polar surface area (TPSA) is 101 Å². The van der Waals surface area contributed by atoms with E-state index in [1.807, 2.05) is 22.6 Å². The SMILES string of the molecule is COC(=O)C12CC3CC(CC(C3)C1)C2.IC(I)I.O=C(O)C12CC3CC(CC(C3)C1)C2.O=CC12CC3CC(CC(C3)C1)C2.OCC12CC3CC(CC(C3)C1)C2.[CH2-]I.[CH3-].[V].[V]. The van der Waals surface area contributed by atoms with Crippen molar-refractivity contribution in [2.24, 2.45) is 92.7 Å². The van der Waals surface area contributed by atoms with Crippen LogP contribution in [-0.4, -0.2) is 42.1 Å². The molecular formula is C48H74I4O6V2-2. The first kappa shape index (κ1) is 55.3. The standard InChI is InChI=1S/C12H18O2.C11H16O2.C11H18O.C11H16O.CHI3.CH2I.CH3.2V/c1-14-11(13)12-5-8-2-9(6-12)4-10(3-8)7-12;12-10(13)11-4-7-1-8(5-11)3-9(2-7)6-11;2*12-7-11-4-8-1-9(5-11)3-10(2-8)6-11;2-1(3)4;1-2;;;/h8-10H,2-7H2,1H3;7-9H,1-6H2,(H,12,13);8-10,12H,1-7H2;7-10H,1-6H2;1H;1H2;1H3;;/q;;;;;2*-1;;. The zero-order valence-electron chi connectivity index (χ0n) is 36.4. The second-order valence-corrected chi connectivity index (χ2v) is 33.3. The molecule has 0 aromatic rings. The molecule has 6 nitrogen and oxygen atoms in total. The van der Waals surface area contributed by atoms with Crippen LogP contribution in [0.15, 0.2) is 0 Å². The van der Waals surface area contributed by atoms with Gasteiger partial charge >= 0.3 is 11.9 Å². The van der Waals surface area contributed by atoms with Gasteiger partial charge in [0.15, 0.2) is 0 Å². The molecule has 0 heterocycles. The number of hydrogen-bond acceptors (Lipinski definition) is 5. The van der Waals surface area contributed by atoms with Gasteiger partial charge in [0.25, 0.3) is 0 Å². The van der Waals surface area contributed by atoms with Crippen LogP contribution in [0, 0.1) is 105 Å². The van der Waals surface area contributed by atoms with Crippen molar-refractivity contribution in [3.05, 3.63) is 12.4 Å². The molecule has 2 N–H and O–H groups in total. The minimum Gasteiger partial charge on any atom is -0.481 e. The Labute approximate surface area is 442 Å².